The number of nitrogens with one attached hydrogen (secondary N) is 1. The number of ether oxygens (including phenoxy) is 1. The first-order chi connectivity index (χ1) is 10.0. The van der Waals surface area contributed by atoms with Crippen LogP contribution in [-0.4, -0.2) is 6.61 Å². The van der Waals surface area contributed by atoms with Crippen molar-refractivity contribution in [1.29, 1.82) is 0 Å². The molecule has 112 valence electrons. The highest BCUT2D eigenvalue weighted by Crippen LogP contribution is 2.31. The van der Waals surface area contributed by atoms with E-state index in [4.69, 9.17) is 5.84 Å². The van der Waals surface area contributed by atoms with E-state index < -0.39 is 24.3 Å². The molecule has 0 aliphatic carbocycles. The van der Waals surface area contributed by atoms with Gasteiger partial charge in [-0.2, -0.15) is 8.78 Å². The van der Waals surface area contributed by atoms with Gasteiger partial charge in [0.25, 0.3) is 0 Å². The number of rotatable bonds is 5. The molecular formula is C14H12F4N2O. The molecule has 0 heterocycles. The van der Waals surface area contributed by atoms with Crippen molar-refractivity contribution in [2.24, 2.45) is 5.84 Å². The lowest BCUT2D eigenvalue weighted by molar-refractivity contribution is -0.0506. The predicted molar refractivity (Wildman–Crippen MR) is 68.6 cm³/mol. The summed E-state index contributed by atoms with van der Waals surface area (Å²) < 4.78 is 56.0. The molecule has 0 fully saturated rings. The SMILES string of the molecule is NNC(c1ccc(F)cc1F)c1ccccc1OC(F)F. The molecule has 3 nitrogen and oxygen atoms in total. The van der Waals surface area contributed by atoms with Crippen molar-refractivity contribution >= 4 is 0 Å². The second-order valence-electron chi connectivity index (χ2n) is 4.18. The summed E-state index contributed by atoms with van der Waals surface area (Å²) >= 11 is 0. The minimum Gasteiger partial charge on any atom is -0.434 e. The van der Waals surface area contributed by atoms with E-state index in [-0.39, 0.29) is 16.9 Å². The van der Waals surface area contributed by atoms with Crippen molar-refractivity contribution < 1.29 is 22.3 Å². The van der Waals surface area contributed by atoms with Crippen LogP contribution in [-0.2, 0) is 0 Å². The van der Waals surface area contributed by atoms with Crippen LogP contribution in [0, 0.1) is 11.6 Å². The number of hydrogen-bond acceptors (Lipinski definition) is 3. The van der Waals surface area contributed by atoms with Crippen LogP contribution in [0.25, 0.3) is 0 Å². The van der Waals surface area contributed by atoms with Crippen LogP contribution in [0.2, 0.25) is 0 Å². The smallest absolute Gasteiger partial charge is 0.387 e. The number of para-hydroxylation sites is 1. The first-order valence-electron chi connectivity index (χ1n) is 5.97. The summed E-state index contributed by atoms with van der Waals surface area (Å²) in [5.41, 5.74) is 2.55. The Balaban J connectivity index is 2.46. The molecule has 7 heteroatoms. The van der Waals surface area contributed by atoms with Gasteiger partial charge in [0.05, 0.1) is 6.04 Å². The molecule has 2 aromatic carbocycles. The van der Waals surface area contributed by atoms with Gasteiger partial charge in [-0.15, -0.1) is 0 Å². The molecule has 0 radical (unpaired) electrons. The lowest BCUT2D eigenvalue weighted by Gasteiger charge is -2.20. The van der Waals surface area contributed by atoms with E-state index in [9.17, 15) is 17.6 Å². The first-order valence-corrected chi connectivity index (χ1v) is 5.97. The second kappa shape index (κ2) is 6.55. The zero-order valence-corrected chi connectivity index (χ0v) is 10.7. The largest absolute Gasteiger partial charge is 0.434 e. The molecular weight excluding hydrogens is 288 g/mol. The summed E-state index contributed by atoms with van der Waals surface area (Å²) in [4.78, 5) is 0. The topological polar surface area (TPSA) is 47.3 Å². The highest BCUT2D eigenvalue weighted by Gasteiger charge is 2.21. The van der Waals surface area contributed by atoms with Gasteiger partial charge < -0.3 is 4.74 Å². The Labute approximate surface area is 118 Å². The zero-order chi connectivity index (χ0) is 15.4. The maximum atomic E-state index is 13.8. The van der Waals surface area contributed by atoms with Gasteiger partial charge in [0.2, 0.25) is 0 Å². The molecule has 0 aliphatic rings. The molecule has 2 aromatic rings. The molecule has 0 bridgehead atoms. The van der Waals surface area contributed by atoms with E-state index in [0.717, 1.165) is 6.07 Å². The highest BCUT2D eigenvalue weighted by atomic mass is 19.3. The van der Waals surface area contributed by atoms with Gasteiger partial charge in [-0.1, -0.05) is 24.3 Å². The number of benzene rings is 2. The van der Waals surface area contributed by atoms with Gasteiger partial charge in [0.15, 0.2) is 0 Å². The monoisotopic (exact) mass is 300 g/mol. The molecule has 2 rings (SSSR count). The van der Waals surface area contributed by atoms with Crippen molar-refractivity contribution in [3.8, 4) is 5.75 Å². The third-order valence-corrected chi connectivity index (χ3v) is 2.89. The van der Waals surface area contributed by atoms with E-state index in [0.29, 0.717) is 6.07 Å². The zero-order valence-electron chi connectivity index (χ0n) is 10.7. The molecule has 1 unspecified atom stereocenters. The highest BCUT2D eigenvalue weighted by molar-refractivity contribution is 5.42. The van der Waals surface area contributed by atoms with Gasteiger partial charge >= 0.3 is 6.61 Å². The third kappa shape index (κ3) is 3.50. The molecule has 21 heavy (non-hydrogen) atoms. The normalized spacial score (nSPS) is 12.5. The van der Waals surface area contributed by atoms with Crippen LogP contribution >= 0.6 is 0 Å². The second-order valence-corrected chi connectivity index (χ2v) is 4.18. The Bertz CT molecular complexity index is 622. The van der Waals surface area contributed by atoms with Crippen molar-refractivity contribution in [2.75, 3.05) is 0 Å². The molecule has 3 N–H and O–H groups in total. The molecule has 0 amide bonds. The average Bonchev–Trinajstić information content (AvgIpc) is 2.43. The lowest BCUT2D eigenvalue weighted by atomic mass is 9.98. The quantitative estimate of drug-likeness (QED) is 0.507. The molecule has 0 aliphatic heterocycles. The fourth-order valence-electron chi connectivity index (χ4n) is 2.01. The van der Waals surface area contributed by atoms with Crippen LogP contribution in [0.4, 0.5) is 17.6 Å². The summed E-state index contributed by atoms with van der Waals surface area (Å²) in [7, 11) is 0. The average molecular weight is 300 g/mol. The molecule has 1 atom stereocenters. The summed E-state index contributed by atoms with van der Waals surface area (Å²) in [5, 5.41) is 0. The lowest BCUT2D eigenvalue weighted by Crippen LogP contribution is -2.30. The van der Waals surface area contributed by atoms with E-state index >= 15 is 0 Å². The molecule has 0 aromatic heterocycles. The Kier molecular flexibility index (Phi) is 4.77. The van der Waals surface area contributed by atoms with Gasteiger partial charge in [-0.3, -0.25) is 5.84 Å². The predicted octanol–water partition coefficient (Wildman–Crippen LogP) is 3.12. The number of alkyl halides is 2. The minimum absolute atomic E-state index is 0.0178. The number of hydrogen-bond donors (Lipinski definition) is 2. The maximum absolute atomic E-state index is 13.8. The summed E-state index contributed by atoms with van der Waals surface area (Å²) in [5.74, 6) is 3.66. The Morgan fingerprint density at radius 1 is 1.00 bits per heavy atom. The van der Waals surface area contributed by atoms with E-state index in [1.54, 1.807) is 6.07 Å². The maximum Gasteiger partial charge on any atom is 0.387 e. The molecule has 0 saturated carbocycles. The Morgan fingerprint density at radius 3 is 2.33 bits per heavy atom. The number of hydrazine groups is 1. The van der Waals surface area contributed by atoms with Gasteiger partial charge in [0.1, 0.15) is 17.4 Å². The summed E-state index contributed by atoms with van der Waals surface area (Å²) in [6, 6.07) is 7.82. The van der Waals surface area contributed by atoms with E-state index in [1.807, 2.05) is 0 Å². The summed E-state index contributed by atoms with van der Waals surface area (Å²) in [6.07, 6.45) is 0. The van der Waals surface area contributed by atoms with Gasteiger partial charge in [-0.05, 0) is 12.1 Å². The van der Waals surface area contributed by atoms with E-state index in [2.05, 4.69) is 10.2 Å². The number of nitrogens with two attached hydrogens (primary N) is 1. The van der Waals surface area contributed by atoms with Crippen molar-refractivity contribution in [3.05, 3.63) is 65.2 Å². The number of halogens is 4. The Hall–Kier alpha value is -2.12. The van der Waals surface area contributed by atoms with Crippen molar-refractivity contribution in [1.82, 2.24) is 5.43 Å². The van der Waals surface area contributed by atoms with E-state index in [1.165, 1.54) is 24.3 Å². The van der Waals surface area contributed by atoms with Crippen LogP contribution in [0.1, 0.15) is 17.2 Å². The fourth-order valence-corrected chi connectivity index (χ4v) is 2.01. The van der Waals surface area contributed by atoms with Gasteiger partial charge in [-0.25, -0.2) is 14.2 Å². The van der Waals surface area contributed by atoms with Crippen LogP contribution in [0.5, 0.6) is 5.75 Å². The van der Waals surface area contributed by atoms with Gasteiger partial charge in [0, 0.05) is 17.2 Å². The van der Waals surface area contributed by atoms with Crippen molar-refractivity contribution in [2.45, 2.75) is 12.7 Å². The van der Waals surface area contributed by atoms with Crippen LogP contribution in [0.3, 0.4) is 0 Å². The van der Waals surface area contributed by atoms with Crippen LogP contribution in [0.15, 0.2) is 42.5 Å². The fraction of sp³-hybridized carbons (Fsp3) is 0.143. The van der Waals surface area contributed by atoms with Crippen LogP contribution < -0.4 is 16.0 Å². The standard InChI is InChI=1S/C14H12F4N2O/c15-8-5-6-9(11(16)7-8)13(20-19)10-3-1-2-4-12(10)21-14(17)18/h1-7,13-14,20H,19H2. The minimum atomic E-state index is -3.03. The third-order valence-electron chi connectivity index (χ3n) is 2.89. The first kappa shape index (κ1) is 15.3. The molecule has 0 spiro atoms. The Morgan fingerprint density at radius 2 is 1.71 bits per heavy atom. The molecule has 0 saturated heterocycles. The van der Waals surface area contributed by atoms with Crippen molar-refractivity contribution in [3.63, 3.8) is 0 Å². The summed E-state index contributed by atoms with van der Waals surface area (Å²) in [6.45, 7) is -3.03.